The van der Waals surface area contributed by atoms with Crippen LogP contribution in [0.5, 0.6) is 0 Å². The fourth-order valence-electron chi connectivity index (χ4n) is 2.16. The summed E-state index contributed by atoms with van der Waals surface area (Å²) in [6.45, 7) is 2.76. The molecule has 5 heteroatoms. The first-order chi connectivity index (χ1) is 10.7. The monoisotopic (exact) mass is 313 g/mol. The topological polar surface area (TPSA) is 51.0 Å². The minimum Gasteiger partial charge on any atom is -0.337 e. The van der Waals surface area contributed by atoms with Gasteiger partial charge >= 0.3 is 6.01 Å². The number of hydrogen-bond donors (Lipinski definition) is 1. The summed E-state index contributed by atoms with van der Waals surface area (Å²) in [6.07, 6.45) is 0.860. The first-order valence-corrected chi connectivity index (χ1v) is 7.47. The number of aromatic nitrogens is 2. The van der Waals surface area contributed by atoms with Crippen molar-refractivity contribution in [1.29, 1.82) is 0 Å². The third-order valence-electron chi connectivity index (χ3n) is 3.31. The zero-order valence-corrected chi connectivity index (χ0v) is 13.0. The van der Waals surface area contributed by atoms with E-state index < -0.39 is 0 Å². The van der Waals surface area contributed by atoms with E-state index in [-0.39, 0.29) is 0 Å². The van der Waals surface area contributed by atoms with Gasteiger partial charge in [-0.1, -0.05) is 52.7 Å². The molecule has 22 heavy (non-hydrogen) atoms. The van der Waals surface area contributed by atoms with Crippen molar-refractivity contribution in [3.05, 3.63) is 64.7 Å². The summed E-state index contributed by atoms with van der Waals surface area (Å²) in [5.74, 6) is 0.595. The van der Waals surface area contributed by atoms with Crippen molar-refractivity contribution in [2.24, 2.45) is 0 Å². The second-order valence-corrected chi connectivity index (χ2v) is 5.53. The Morgan fingerprint density at radius 2 is 1.95 bits per heavy atom. The van der Waals surface area contributed by atoms with Gasteiger partial charge in [0.2, 0.25) is 5.82 Å². The Kier molecular flexibility index (Phi) is 4.39. The normalized spacial score (nSPS) is 10.6. The molecule has 3 rings (SSSR count). The Morgan fingerprint density at radius 1 is 1.14 bits per heavy atom. The van der Waals surface area contributed by atoms with Gasteiger partial charge in [0.25, 0.3) is 0 Å². The van der Waals surface area contributed by atoms with E-state index in [0.717, 1.165) is 23.6 Å². The molecule has 0 aliphatic carbocycles. The first-order valence-electron chi connectivity index (χ1n) is 7.10. The van der Waals surface area contributed by atoms with E-state index in [1.807, 2.05) is 55.5 Å². The second-order valence-electron chi connectivity index (χ2n) is 5.10. The number of nitrogens with zero attached hydrogens (tertiary/aromatic N) is 2. The van der Waals surface area contributed by atoms with Gasteiger partial charge in [0, 0.05) is 17.1 Å². The summed E-state index contributed by atoms with van der Waals surface area (Å²) in [5, 5.41) is 7.88. The molecule has 0 unspecified atom stereocenters. The van der Waals surface area contributed by atoms with Crippen LogP contribution >= 0.6 is 11.6 Å². The number of anilines is 1. The molecule has 0 atom stereocenters. The molecule has 0 saturated heterocycles. The number of rotatable bonds is 5. The van der Waals surface area contributed by atoms with Gasteiger partial charge in [0.15, 0.2) is 0 Å². The minimum atomic E-state index is 0.436. The predicted octanol–water partition coefficient (Wildman–Crippen LogP) is 4.35. The van der Waals surface area contributed by atoms with Gasteiger partial charge in [0.05, 0.1) is 0 Å². The van der Waals surface area contributed by atoms with Gasteiger partial charge in [-0.3, -0.25) is 0 Å². The highest BCUT2D eigenvalue weighted by Gasteiger charge is 2.08. The molecule has 0 amide bonds. The zero-order valence-electron chi connectivity index (χ0n) is 12.2. The molecule has 3 aromatic rings. The largest absolute Gasteiger partial charge is 0.337 e. The van der Waals surface area contributed by atoms with Crippen molar-refractivity contribution < 1.29 is 4.52 Å². The molecule has 2 aromatic carbocycles. The molecule has 0 radical (unpaired) electrons. The smallest absolute Gasteiger partial charge is 0.321 e. The van der Waals surface area contributed by atoms with Crippen molar-refractivity contribution in [2.45, 2.75) is 13.3 Å². The third-order valence-corrected chi connectivity index (χ3v) is 3.56. The van der Waals surface area contributed by atoms with Crippen LogP contribution in [-0.4, -0.2) is 16.7 Å². The molecule has 112 valence electrons. The molecule has 0 fully saturated rings. The summed E-state index contributed by atoms with van der Waals surface area (Å²) in [5.41, 5.74) is 3.32. The Morgan fingerprint density at radius 3 is 2.73 bits per heavy atom. The van der Waals surface area contributed by atoms with E-state index in [0.29, 0.717) is 11.8 Å². The van der Waals surface area contributed by atoms with Gasteiger partial charge in [-0.15, -0.1) is 0 Å². The van der Waals surface area contributed by atoms with Crippen LogP contribution < -0.4 is 5.32 Å². The molecule has 0 aliphatic heterocycles. The summed E-state index contributed by atoms with van der Waals surface area (Å²) in [4.78, 5) is 4.36. The van der Waals surface area contributed by atoms with Gasteiger partial charge in [0.1, 0.15) is 0 Å². The lowest BCUT2D eigenvalue weighted by Gasteiger charge is -2.01. The van der Waals surface area contributed by atoms with Crippen molar-refractivity contribution in [3.63, 3.8) is 0 Å². The summed E-state index contributed by atoms with van der Waals surface area (Å²) in [6, 6.07) is 16.2. The van der Waals surface area contributed by atoms with Crippen LogP contribution in [0.25, 0.3) is 11.4 Å². The molecule has 1 heterocycles. The van der Waals surface area contributed by atoms with E-state index in [2.05, 4.69) is 15.5 Å². The Balaban J connectivity index is 1.59. The molecule has 1 aromatic heterocycles. The van der Waals surface area contributed by atoms with Crippen LogP contribution in [0, 0.1) is 6.92 Å². The number of nitrogens with one attached hydrogen (secondary N) is 1. The van der Waals surface area contributed by atoms with Gasteiger partial charge in [-0.2, -0.15) is 4.98 Å². The zero-order chi connectivity index (χ0) is 15.4. The SMILES string of the molecule is Cc1cccc(-c2noc(NCCc3ccc(Cl)cc3)n2)c1. The van der Waals surface area contributed by atoms with E-state index >= 15 is 0 Å². The average Bonchev–Trinajstić information content (AvgIpc) is 2.98. The highest BCUT2D eigenvalue weighted by atomic mass is 35.5. The number of aryl methyl sites for hydroxylation is 1. The Hall–Kier alpha value is -2.33. The molecule has 0 aliphatic rings. The highest BCUT2D eigenvalue weighted by Crippen LogP contribution is 2.18. The van der Waals surface area contributed by atoms with Crippen LogP contribution in [0.2, 0.25) is 5.02 Å². The highest BCUT2D eigenvalue weighted by molar-refractivity contribution is 6.30. The van der Waals surface area contributed by atoms with Crippen molar-refractivity contribution in [1.82, 2.24) is 10.1 Å². The molecular weight excluding hydrogens is 298 g/mol. The van der Waals surface area contributed by atoms with Crippen molar-refractivity contribution >= 4 is 17.6 Å². The number of hydrogen-bond acceptors (Lipinski definition) is 4. The molecule has 0 saturated carbocycles. The maximum atomic E-state index is 5.86. The molecule has 4 nitrogen and oxygen atoms in total. The van der Waals surface area contributed by atoms with E-state index in [4.69, 9.17) is 16.1 Å². The third kappa shape index (κ3) is 3.65. The van der Waals surface area contributed by atoms with Crippen LogP contribution in [0.3, 0.4) is 0 Å². The standard InChI is InChI=1S/C17H16ClN3O/c1-12-3-2-4-14(11-12)16-20-17(22-21-16)19-10-9-13-5-7-15(18)8-6-13/h2-8,11H,9-10H2,1H3,(H,19,20,21). The maximum Gasteiger partial charge on any atom is 0.321 e. The van der Waals surface area contributed by atoms with Crippen LogP contribution in [0.15, 0.2) is 53.1 Å². The van der Waals surface area contributed by atoms with Gasteiger partial charge in [-0.25, -0.2) is 0 Å². The van der Waals surface area contributed by atoms with Crippen LogP contribution in [-0.2, 0) is 6.42 Å². The maximum absolute atomic E-state index is 5.86. The predicted molar refractivity (Wildman–Crippen MR) is 88.1 cm³/mol. The Bertz CT molecular complexity index is 753. The van der Waals surface area contributed by atoms with Crippen molar-refractivity contribution in [2.75, 3.05) is 11.9 Å². The fourth-order valence-corrected chi connectivity index (χ4v) is 2.29. The lowest BCUT2D eigenvalue weighted by Crippen LogP contribution is -2.04. The van der Waals surface area contributed by atoms with Crippen LogP contribution in [0.1, 0.15) is 11.1 Å². The van der Waals surface area contributed by atoms with Gasteiger partial charge in [-0.05, 0) is 37.1 Å². The molecule has 0 bridgehead atoms. The van der Waals surface area contributed by atoms with E-state index in [1.165, 1.54) is 11.1 Å². The number of halogens is 1. The average molecular weight is 314 g/mol. The Labute approximate surface area is 134 Å². The van der Waals surface area contributed by atoms with Crippen molar-refractivity contribution in [3.8, 4) is 11.4 Å². The lowest BCUT2D eigenvalue weighted by molar-refractivity contribution is 0.432. The quantitative estimate of drug-likeness (QED) is 0.760. The summed E-state index contributed by atoms with van der Waals surface area (Å²) in [7, 11) is 0. The molecular formula is C17H16ClN3O. The van der Waals surface area contributed by atoms with Crippen LogP contribution in [0.4, 0.5) is 6.01 Å². The van der Waals surface area contributed by atoms with E-state index in [9.17, 15) is 0 Å². The summed E-state index contributed by atoms with van der Waals surface area (Å²) >= 11 is 5.86. The summed E-state index contributed by atoms with van der Waals surface area (Å²) < 4.78 is 5.22. The second kappa shape index (κ2) is 6.62. The number of benzene rings is 2. The first kappa shape index (κ1) is 14.6. The molecule has 1 N–H and O–H groups in total. The lowest BCUT2D eigenvalue weighted by atomic mass is 10.1. The molecule has 0 spiro atoms. The van der Waals surface area contributed by atoms with E-state index in [1.54, 1.807) is 0 Å². The minimum absolute atomic E-state index is 0.436. The van der Waals surface area contributed by atoms with Gasteiger partial charge < -0.3 is 9.84 Å². The fraction of sp³-hybridized carbons (Fsp3) is 0.176.